The molecular formula is C12H12F5NO. The Kier molecular flexibility index (Phi) is 4.99. The minimum atomic E-state index is -4.34. The Bertz CT molecular complexity index is 438. The lowest BCUT2D eigenvalue weighted by molar-refractivity contribution is -0.142. The Balaban J connectivity index is 2.56. The van der Waals surface area contributed by atoms with Gasteiger partial charge in [0.2, 0.25) is 0 Å². The average molecular weight is 281 g/mol. The molecule has 0 saturated carbocycles. The van der Waals surface area contributed by atoms with Gasteiger partial charge in [0.1, 0.15) is 11.6 Å². The molecule has 0 amide bonds. The Hall–Kier alpha value is -1.50. The first-order valence-electron chi connectivity index (χ1n) is 5.42. The van der Waals surface area contributed by atoms with Gasteiger partial charge >= 0.3 is 6.18 Å². The Morgan fingerprint density at radius 3 is 2.16 bits per heavy atom. The zero-order valence-electron chi connectivity index (χ0n) is 10.1. The van der Waals surface area contributed by atoms with Crippen LogP contribution in [0.25, 0.3) is 0 Å². The van der Waals surface area contributed by atoms with Crippen LogP contribution in [-0.4, -0.2) is 37.0 Å². The van der Waals surface area contributed by atoms with E-state index in [0.717, 1.165) is 17.0 Å². The molecule has 19 heavy (non-hydrogen) atoms. The van der Waals surface area contributed by atoms with E-state index < -0.39 is 30.1 Å². The predicted octanol–water partition coefficient (Wildman–Crippen LogP) is 3.03. The molecule has 1 aromatic rings. The van der Waals surface area contributed by atoms with Crippen molar-refractivity contribution in [2.24, 2.45) is 0 Å². The van der Waals surface area contributed by atoms with Crippen LogP contribution < -0.4 is 0 Å². The summed E-state index contributed by atoms with van der Waals surface area (Å²) in [5.41, 5.74) is -0.182. The van der Waals surface area contributed by atoms with E-state index in [1.807, 2.05) is 0 Å². The quantitative estimate of drug-likeness (QED) is 0.611. The molecule has 7 heteroatoms. The van der Waals surface area contributed by atoms with Crippen molar-refractivity contribution in [1.29, 1.82) is 0 Å². The van der Waals surface area contributed by atoms with E-state index in [0.29, 0.717) is 6.07 Å². The normalized spacial score (nSPS) is 11.9. The van der Waals surface area contributed by atoms with Crippen LogP contribution in [0, 0.1) is 11.6 Å². The molecule has 0 heterocycles. The van der Waals surface area contributed by atoms with Crippen LogP contribution in [0.1, 0.15) is 16.8 Å². The summed E-state index contributed by atoms with van der Waals surface area (Å²) in [6.45, 7) is -1.28. The molecule has 106 valence electrons. The first-order chi connectivity index (χ1) is 8.67. The lowest BCUT2D eigenvalue weighted by atomic mass is 10.1. The van der Waals surface area contributed by atoms with E-state index in [1.165, 1.54) is 7.05 Å². The number of Topliss-reactive ketones (excluding diaryl/α,β-unsaturated/α-hetero) is 1. The number of halogens is 5. The Morgan fingerprint density at radius 1 is 1.16 bits per heavy atom. The molecule has 0 aromatic heterocycles. The zero-order valence-corrected chi connectivity index (χ0v) is 10.1. The van der Waals surface area contributed by atoms with E-state index in [2.05, 4.69) is 0 Å². The lowest BCUT2D eigenvalue weighted by Crippen LogP contribution is -2.32. The molecule has 0 aliphatic rings. The first-order valence-corrected chi connectivity index (χ1v) is 5.42. The highest BCUT2D eigenvalue weighted by Crippen LogP contribution is 2.16. The van der Waals surface area contributed by atoms with Gasteiger partial charge < -0.3 is 0 Å². The molecule has 0 aliphatic carbocycles. The maximum atomic E-state index is 12.9. The van der Waals surface area contributed by atoms with Gasteiger partial charge in [-0.1, -0.05) is 0 Å². The van der Waals surface area contributed by atoms with Gasteiger partial charge in [-0.15, -0.1) is 0 Å². The number of alkyl halides is 3. The number of carbonyl (C=O) groups is 1. The lowest BCUT2D eigenvalue weighted by Gasteiger charge is -2.17. The standard InChI is InChI=1S/C12H12F5NO/c1-18(7-12(15,16)17)3-2-11(19)8-4-9(13)6-10(14)5-8/h4-6H,2-3,7H2,1H3. The molecule has 0 unspecified atom stereocenters. The molecule has 0 saturated heterocycles. The summed E-state index contributed by atoms with van der Waals surface area (Å²) in [6.07, 6.45) is -4.59. The highest BCUT2D eigenvalue weighted by atomic mass is 19.4. The second-order valence-electron chi connectivity index (χ2n) is 4.18. The van der Waals surface area contributed by atoms with E-state index in [-0.39, 0.29) is 18.5 Å². The summed E-state index contributed by atoms with van der Waals surface area (Å²) in [7, 11) is 1.22. The van der Waals surface area contributed by atoms with E-state index in [1.54, 1.807) is 0 Å². The molecule has 0 N–H and O–H groups in total. The van der Waals surface area contributed by atoms with Crippen LogP contribution in [0.15, 0.2) is 18.2 Å². The third-order valence-corrected chi connectivity index (χ3v) is 2.35. The average Bonchev–Trinajstić information content (AvgIpc) is 2.22. The van der Waals surface area contributed by atoms with Gasteiger partial charge in [-0.05, 0) is 19.2 Å². The largest absolute Gasteiger partial charge is 0.401 e. The van der Waals surface area contributed by atoms with Crippen LogP contribution in [0.5, 0.6) is 0 Å². The Labute approximate surface area is 106 Å². The number of hydrogen-bond acceptors (Lipinski definition) is 2. The maximum absolute atomic E-state index is 12.9. The van der Waals surface area contributed by atoms with Gasteiger partial charge in [0.25, 0.3) is 0 Å². The van der Waals surface area contributed by atoms with E-state index in [4.69, 9.17) is 0 Å². The van der Waals surface area contributed by atoms with Crippen molar-refractivity contribution in [2.45, 2.75) is 12.6 Å². The zero-order chi connectivity index (χ0) is 14.6. The summed E-state index contributed by atoms with van der Waals surface area (Å²) in [4.78, 5) is 12.5. The van der Waals surface area contributed by atoms with Gasteiger partial charge in [-0.25, -0.2) is 8.78 Å². The van der Waals surface area contributed by atoms with Gasteiger partial charge in [0.15, 0.2) is 5.78 Å². The highest BCUT2D eigenvalue weighted by molar-refractivity contribution is 5.96. The van der Waals surface area contributed by atoms with Gasteiger partial charge in [-0.2, -0.15) is 13.2 Å². The van der Waals surface area contributed by atoms with Crippen LogP contribution >= 0.6 is 0 Å². The van der Waals surface area contributed by atoms with Crippen molar-refractivity contribution in [3.8, 4) is 0 Å². The minimum absolute atomic E-state index is 0.142. The van der Waals surface area contributed by atoms with Crippen molar-refractivity contribution in [3.05, 3.63) is 35.4 Å². The summed E-state index contributed by atoms with van der Waals surface area (Å²) >= 11 is 0. The molecular weight excluding hydrogens is 269 g/mol. The van der Waals surface area contributed by atoms with Crippen molar-refractivity contribution >= 4 is 5.78 Å². The molecule has 0 aliphatic heterocycles. The summed E-state index contributed by atoms with van der Waals surface area (Å²) in [5, 5.41) is 0. The molecule has 0 fully saturated rings. The molecule has 0 spiro atoms. The summed E-state index contributed by atoms with van der Waals surface area (Å²) < 4.78 is 61.8. The third-order valence-electron chi connectivity index (χ3n) is 2.35. The predicted molar refractivity (Wildman–Crippen MR) is 58.9 cm³/mol. The molecule has 0 bridgehead atoms. The van der Waals surface area contributed by atoms with Crippen LogP contribution in [-0.2, 0) is 0 Å². The molecule has 1 rings (SSSR count). The number of carbonyl (C=O) groups excluding carboxylic acids is 1. The van der Waals surface area contributed by atoms with E-state index >= 15 is 0 Å². The SMILES string of the molecule is CN(CCC(=O)c1cc(F)cc(F)c1)CC(F)(F)F. The molecule has 0 radical (unpaired) electrons. The fourth-order valence-corrected chi connectivity index (χ4v) is 1.54. The fraction of sp³-hybridized carbons (Fsp3) is 0.417. The van der Waals surface area contributed by atoms with Crippen molar-refractivity contribution < 1.29 is 26.7 Å². The van der Waals surface area contributed by atoms with Gasteiger partial charge in [-0.3, -0.25) is 9.69 Å². The topological polar surface area (TPSA) is 20.3 Å². The van der Waals surface area contributed by atoms with E-state index in [9.17, 15) is 26.7 Å². The van der Waals surface area contributed by atoms with Crippen molar-refractivity contribution in [1.82, 2.24) is 4.90 Å². The first kappa shape index (κ1) is 15.6. The summed E-state index contributed by atoms with van der Waals surface area (Å²) in [6, 6.07) is 2.33. The second kappa shape index (κ2) is 6.10. The van der Waals surface area contributed by atoms with Crippen LogP contribution in [0.2, 0.25) is 0 Å². The van der Waals surface area contributed by atoms with Crippen molar-refractivity contribution in [3.63, 3.8) is 0 Å². The minimum Gasteiger partial charge on any atom is -0.298 e. The number of hydrogen-bond donors (Lipinski definition) is 0. The monoisotopic (exact) mass is 281 g/mol. The number of nitrogens with zero attached hydrogens (tertiary/aromatic N) is 1. The fourth-order valence-electron chi connectivity index (χ4n) is 1.54. The number of rotatable bonds is 5. The maximum Gasteiger partial charge on any atom is 0.401 e. The van der Waals surface area contributed by atoms with Crippen LogP contribution in [0.3, 0.4) is 0 Å². The molecule has 0 atom stereocenters. The summed E-state index contributed by atoms with van der Waals surface area (Å²) in [5.74, 6) is -2.40. The Morgan fingerprint density at radius 2 is 1.68 bits per heavy atom. The molecule has 2 nitrogen and oxygen atoms in total. The van der Waals surface area contributed by atoms with Crippen molar-refractivity contribution in [2.75, 3.05) is 20.1 Å². The third kappa shape index (κ3) is 5.78. The highest BCUT2D eigenvalue weighted by Gasteiger charge is 2.29. The number of ketones is 1. The molecule has 1 aromatic carbocycles. The van der Waals surface area contributed by atoms with Gasteiger partial charge in [0.05, 0.1) is 6.54 Å². The van der Waals surface area contributed by atoms with Gasteiger partial charge in [0, 0.05) is 24.6 Å². The second-order valence-corrected chi connectivity index (χ2v) is 4.18. The van der Waals surface area contributed by atoms with Crippen LogP contribution in [0.4, 0.5) is 22.0 Å². The smallest absolute Gasteiger partial charge is 0.298 e. The number of benzene rings is 1.